The molecule has 0 spiro atoms. The van der Waals surface area contributed by atoms with E-state index in [0.717, 1.165) is 43.8 Å². The number of benzene rings is 4. The maximum atomic E-state index is 5.05. The SMILES string of the molecule is [Cl][Zn]([Cl])([Cl])[Cl].c1ccc2c(c1)-c1nc-2nc2[nH]c(nc3nc(nc4[nH]c(n1)c1ccccc41)-c1ccccc1-3)c1ccccc21. The van der Waals surface area contributed by atoms with Crippen molar-refractivity contribution >= 4 is 82.9 Å². The van der Waals surface area contributed by atoms with Crippen LogP contribution in [0.2, 0.25) is 0 Å². The van der Waals surface area contributed by atoms with Gasteiger partial charge in [-0.1, -0.05) is 97.1 Å². The van der Waals surface area contributed by atoms with E-state index in [-0.39, 0.29) is 0 Å². The van der Waals surface area contributed by atoms with E-state index in [1.54, 1.807) is 0 Å². The largest absolute Gasteiger partial charge is 0.324 e. The second-order valence-corrected chi connectivity index (χ2v) is 38.1. The fraction of sp³-hybridized carbons (Fsp3) is 0. The van der Waals surface area contributed by atoms with Crippen molar-refractivity contribution in [2.45, 2.75) is 0 Å². The molecule has 2 N–H and O–H groups in total. The van der Waals surface area contributed by atoms with Crippen LogP contribution < -0.4 is 0 Å². The Bertz CT molecular complexity index is 2140. The molecule has 4 aromatic carbocycles. The molecule has 13 heteroatoms. The van der Waals surface area contributed by atoms with Gasteiger partial charge in [-0.3, -0.25) is 0 Å². The number of aromatic nitrogens is 8. The summed E-state index contributed by atoms with van der Waals surface area (Å²) in [5.74, 6) is 2.39. The standard InChI is InChI=1S/C32H18N8.4ClH.Zn/c1-2-10-18-17(9-1)25-33-26(18)38-28-21-13-5-6-14-22(21)30(35-28)40-32-24-16-8-7-15-23(24)31(36-32)39-29-20-12-4-3-11-19(20)27(34-29)37-25;;;;;/h1-16H,(H2,33,34,35,36,37,38,39,40);4*1H;/q;;;;;+4/p-4. The molecule has 0 amide bonds. The second-order valence-electron chi connectivity index (χ2n) is 10.4. The molecule has 2 aliphatic rings. The van der Waals surface area contributed by atoms with E-state index in [1.165, 1.54) is 0 Å². The van der Waals surface area contributed by atoms with E-state index >= 15 is 0 Å². The summed E-state index contributed by atoms with van der Waals surface area (Å²) in [6.07, 6.45) is 0. The normalized spacial score (nSPS) is 11.6. The van der Waals surface area contributed by atoms with E-state index < -0.39 is 10.8 Å². The van der Waals surface area contributed by atoms with Crippen molar-refractivity contribution in [3.8, 4) is 45.6 Å². The third-order valence-corrected chi connectivity index (χ3v) is 7.46. The molecule has 216 valence electrons. The first kappa shape index (κ1) is 28.5. The first-order chi connectivity index (χ1) is 21.8. The Morgan fingerprint density at radius 2 is 0.578 bits per heavy atom. The van der Waals surface area contributed by atoms with Crippen molar-refractivity contribution in [3.63, 3.8) is 0 Å². The summed E-state index contributed by atoms with van der Waals surface area (Å²) in [6.45, 7) is 0. The summed E-state index contributed by atoms with van der Waals surface area (Å²) in [7, 11) is 16.8. The van der Waals surface area contributed by atoms with Gasteiger partial charge in [-0.25, -0.2) is 29.9 Å². The van der Waals surface area contributed by atoms with Gasteiger partial charge >= 0.3 is 49.6 Å². The third-order valence-electron chi connectivity index (χ3n) is 7.46. The number of hydrogen-bond acceptors (Lipinski definition) is 6. The molecule has 2 aliphatic heterocycles. The predicted molar refractivity (Wildman–Crippen MR) is 179 cm³/mol. The van der Waals surface area contributed by atoms with Crippen molar-refractivity contribution in [1.82, 2.24) is 39.9 Å². The number of aromatic amines is 2. The number of rotatable bonds is 0. The van der Waals surface area contributed by atoms with E-state index in [0.29, 0.717) is 45.9 Å². The quantitative estimate of drug-likeness (QED) is 0.151. The molecule has 0 aliphatic carbocycles. The van der Waals surface area contributed by atoms with Gasteiger partial charge < -0.3 is 9.97 Å². The molecule has 0 atom stereocenters. The molecule has 45 heavy (non-hydrogen) atoms. The topological polar surface area (TPSA) is 109 Å². The van der Waals surface area contributed by atoms with Gasteiger partial charge in [0.15, 0.2) is 23.3 Å². The summed E-state index contributed by atoms with van der Waals surface area (Å²) >= 11 is 0. The number of nitrogens with one attached hydrogen (secondary N) is 2. The monoisotopic (exact) mass is 718 g/mol. The minimum atomic E-state index is -3.36. The number of fused-ring (bicyclic) bond motifs is 20. The molecule has 0 radical (unpaired) electrons. The Morgan fingerprint density at radius 3 is 0.822 bits per heavy atom. The molecular weight excluding hydrogens is 704 g/mol. The van der Waals surface area contributed by atoms with Gasteiger partial charge in [0.05, 0.1) is 0 Å². The fourth-order valence-corrected chi connectivity index (χ4v) is 5.59. The van der Waals surface area contributed by atoms with Crippen molar-refractivity contribution < 1.29 is 10.8 Å². The number of halogens is 4. The zero-order valence-electron chi connectivity index (χ0n) is 23.1. The Hall–Kier alpha value is -3.98. The zero-order chi connectivity index (χ0) is 30.7. The molecule has 8 nitrogen and oxygen atoms in total. The first-order valence-corrected chi connectivity index (χ1v) is 29.7. The van der Waals surface area contributed by atoms with E-state index in [2.05, 4.69) is 9.97 Å². The molecule has 8 bridgehead atoms. The van der Waals surface area contributed by atoms with Gasteiger partial charge in [-0.2, -0.15) is 0 Å². The molecule has 5 heterocycles. The Balaban J connectivity index is 0.000000560. The van der Waals surface area contributed by atoms with Gasteiger partial charge in [0.2, 0.25) is 0 Å². The van der Waals surface area contributed by atoms with Crippen molar-refractivity contribution in [2.24, 2.45) is 0 Å². The maximum absolute atomic E-state index is 5.05. The van der Waals surface area contributed by atoms with Crippen LogP contribution >= 0.6 is 38.8 Å². The molecule has 3 aromatic heterocycles. The summed E-state index contributed by atoms with van der Waals surface area (Å²) in [5.41, 5.74) is 6.45. The predicted octanol–water partition coefficient (Wildman–Crippen LogP) is 9.62. The molecule has 9 rings (SSSR count). The number of nitrogens with zero attached hydrogens (tertiary/aromatic N) is 6. The molecule has 0 saturated carbocycles. The number of hydrogen-bond donors (Lipinski definition) is 2. The van der Waals surface area contributed by atoms with Gasteiger partial charge in [0.1, 0.15) is 22.6 Å². The van der Waals surface area contributed by atoms with Crippen LogP contribution in [-0.4, -0.2) is 39.9 Å². The summed E-state index contributed by atoms with van der Waals surface area (Å²) < 4.78 is 0. The van der Waals surface area contributed by atoms with Crippen LogP contribution in [0.5, 0.6) is 0 Å². The zero-order valence-corrected chi connectivity index (χ0v) is 29.1. The average molecular weight is 722 g/mol. The second kappa shape index (κ2) is 11.1. The Morgan fingerprint density at radius 1 is 0.356 bits per heavy atom. The number of H-pyrrole nitrogens is 2. The van der Waals surface area contributed by atoms with Crippen LogP contribution in [0.15, 0.2) is 97.1 Å². The van der Waals surface area contributed by atoms with Gasteiger partial charge in [-0.05, 0) is 0 Å². The molecule has 7 aromatic rings. The smallest absolute Gasteiger partial charge is 0.164 e. The van der Waals surface area contributed by atoms with Crippen LogP contribution in [0.1, 0.15) is 0 Å². The molecule has 0 fully saturated rings. The van der Waals surface area contributed by atoms with E-state index in [4.69, 9.17) is 68.7 Å². The summed E-state index contributed by atoms with van der Waals surface area (Å²) in [5, 5.41) is 3.82. The van der Waals surface area contributed by atoms with Gasteiger partial charge in [0.25, 0.3) is 0 Å². The van der Waals surface area contributed by atoms with Crippen LogP contribution in [0.4, 0.5) is 0 Å². The van der Waals surface area contributed by atoms with Crippen molar-refractivity contribution in [3.05, 3.63) is 97.1 Å². The summed E-state index contributed by atoms with van der Waals surface area (Å²) in [6, 6.07) is 32.2. The van der Waals surface area contributed by atoms with E-state index in [9.17, 15) is 0 Å². The first-order valence-electron chi connectivity index (χ1n) is 14.1. The van der Waals surface area contributed by atoms with Crippen molar-refractivity contribution in [2.75, 3.05) is 0 Å². The Labute approximate surface area is 274 Å². The van der Waals surface area contributed by atoms with Crippen LogP contribution in [0.25, 0.3) is 89.7 Å². The van der Waals surface area contributed by atoms with Crippen LogP contribution in [-0.2, 0) is 10.8 Å². The van der Waals surface area contributed by atoms with Gasteiger partial charge in [-0.15, -0.1) is 0 Å². The van der Waals surface area contributed by atoms with E-state index in [1.807, 2.05) is 97.1 Å². The fourth-order valence-electron chi connectivity index (χ4n) is 5.59. The average Bonchev–Trinajstić information content (AvgIpc) is 3.76. The minimum absolute atomic E-state index is 0.597. The summed E-state index contributed by atoms with van der Waals surface area (Å²) in [4.78, 5) is 36.8. The minimum Gasteiger partial charge on any atom is -0.324 e. The van der Waals surface area contributed by atoms with Crippen molar-refractivity contribution in [1.29, 1.82) is 0 Å². The Kier molecular flexibility index (Phi) is 7.04. The van der Waals surface area contributed by atoms with Crippen LogP contribution in [0, 0.1) is 0 Å². The van der Waals surface area contributed by atoms with Gasteiger partial charge in [0, 0.05) is 43.8 Å². The molecular formula is C32H18Cl4N8Zn. The maximum Gasteiger partial charge on any atom is 0.164 e. The molecule has 0 unspecified atom stereocenters. The third kappa shape index (κ3) is 5.35. The molecule has 0 saturated heterocycles. The van der Waals surface area contributed by atoms with Crippen LogP contribution in [0.3, 0.4) is 0 Å².